The topological polar surface area (TPSA) is 0 Å². The number of rotatable bonds is 15. The minimum absolute atomic E-state index is 0.422. The van der Waals surface area contributed by atoms with E-state index in [9.17, 15) is 8.78 Å². The lowest BCUT2D eigenvalue weighted by molar-refractivity contribution is 0.301. The van der Waals surface area contributed by atoms with Gasteiger partial charge in [-0.15, -0.1) is 0 Å². The average molecular weight is 419 g/mol. The molecular weight excluding hydrogens is 374 g/mol. The third-order valence-electron chi connectivity index (χ3n) is 7.00. The zero-order chi connectivity index (χ0) is 21.4. The molecule has 0 amide bonds. The third kappa shape index (κ3) is 10.7. The normalized spacial score (nSPS) is 19.0. The van der Waals surface area contributed by atoms with Gasteiger partial charge in [-0.05, 0) is 67.6 Å². The van der Waals surface area contributed by atoms with E-state index in [2.05, 4.69) is 31.2 Å². The fourth-order valence-electron chi connectivity index (χ4n) is 5.01. The average Bonchev–Trinajstić information content (AvgIpc) is 2.76. The third-order valence-corrected chi connectivity index (χ3v) is 7.00. The fourth-order valence-corrected chi connectivity index (χ4v) is 5.01. The standard InChI is InChI=1S/C28H44F2/c1-2-3-4-5-6-7-8-9-10-11-13-24-16-20-26(21-17-24)27-22-18-25(19-23-27)14-12-15-28(29)30/h15,18-19,22-24,26H,2-14,16-17,20-21H2,1H3. The van der Waals surface area contributed by atoms with Crippen molar-refractivity contribution in [2.24, 2.45) is 5.92 Å². The highest BCUT2D eigenvalue weighted by atomic mass is 19.3. The Hall–Kier alpha value is -1.18. The molecule has 0 unspecified atom stereocenters. The molecule has 0 atom stereocenters. The molecule has 30 heavy (non-hydrogen) atoms. The summed E-state index contributed by atoms with van der Waals surface area (Å²) in [5.74, 6) is 1.64. The van der Waals surface area contributed by atoms with Crippen LogP contribution in [-0.4, -0.2) is 0 Å². The van der Waals surface area contributed by atoms with Gasteiger partial charge in [-0.3, -0.25) is 0 Å². The van der Waals surface area contributed by atoms with E-state index >= 15 is 0 Å². The van der Waals surface area contributed by atoms with Gasteiger partial charge in [0.05, 0.1) is 0 Å². The summed E-state index contributed by atoms with van der Waals surface area (Å²) in [5.41, 5.74) is 2.61. The van der Waals surface area contributed by atoms with Crippen molar-refractivity contribution < 1.29 is 8.78 Å². The van der Waals surface area contributed by atoms with Crippen LogP contribution in [0.15, 0.2) is 36.4 Å². The van der Waals surface area contributed by atoms with E-state index in [1.807, 2.05) is 0 Å². The van der Waals surface area contributed by atoms with Gasteiger partial charge in [-0.25, -0.2) is 0 Å². The van der Waals surface area contributed by atoms with Crippen LogP contribution in [0.25, 0.3) is 0 Å². The molecule has 1 aliphatic carbocycles. The number of hydrogen-bond acceptors (Lipinski definition) is 0. The summed E-state index contributed by atoms with van der Waals surface area (Å²) >= 11 is 0. The second kappa shape index (κ2) is 15.6. The molecule has 0 saturated heterocycles. The van der Waals surface area contributed by atoms with Crippen LogP contribution in [0.2, 0.25) is 0 Å². The maximum absolute atomic E-state index is 12.1. The van der Waals surface area contributed by atoms with Crippen LogP contribution in [-0.2, 0) is 6.42 Å². The monoisotopic (exact) mass is 418 g/mol. The van der Waals surface area contributed by atoms with Crippen molar-refractivity contribution in [1.82, 2.24) is 0 Å². The molecule has 2 rings (SSSR count). The van der Waals surface area contributed by atoms with E-state index < -0.39 is 6.08 Å². The van der Waals surface area contributed by atoms with Crippen LogP contribution in [0.3, 0.4) is 0 Å². The zero-order valence-corrected chi connectivity index (χ0v) is 19.3. The molecule has 1 fully saturated rings. The first-order valence-corrected chi connectivity index (χ1v) is 12.8. The molecule has 1 saturated carbocycles. The Kier molecular flexibility index (Phi) is 13.0. The lowest BCUT2D eigenvalue weighted by Crippen LogP contribution is -2.13. The minimum Gasteiger partial charge on any atom is -0.174 e. The van der Waals surface area contributed by atoms with Gasteiger partial charge in [0.2, 0.25) is 0 Å². The largest absolute Gasteiger partial charge is 0.266 e. The summed E-state index contributed by atoms with van der Waals surface area (Å²) in [6.07, 6.45) is 21.6. The maximum Gasteiger partial charge on any atom is 0.266 e. The Labute approximate surface area is 184 Å². The summed E-state index contributed by atoms with van der Waals surface area (Å²) in [6, 6.07) is 8.74. The highest BCUT2D eigenvalue weighted by Crippen LogP contribution is 2.37. The second-order valence-corrected chi connectivity index (χ2v) is 9.46. The van der Waals surface area contributed by atoms with E-state index in [0.29, 0.717) is 18.8 Å². The number of unbranched alkanes of at least 4 members (excludes halogenated alkanes) is 9. The molecular formula is C28H44F2. The van der Waals surface area contributed by atoms with Gasteiger partial charge in [0.1, 0.15) is 0 Å². The van der Waals surface area contributed by atoms with Crippen LogP contribution < -0.4 is 0 Å². The fraction of sp³-hybridized carbons (Fsp3) is 0.714. The molecule has 0 heterocycles. The smallest absolute Gasteiger partial charge is 0.174 e. The molecule has 0 nitrogen and oxygen atoms in total. The van der Waals surface area contributed by atoms with Crippen molar-refractivity contribution in [3.05, 3.63) is 47.5 Å². The zero-order valence-electron chi connectivity index (χ0n) is 19.3. The van der Waals surface area contributed by atoms with Gasteiger partial charge in [0.15, 0.2) is 0 Å². The predicted octanol–water partition coefficient (Wildman–Crippen LogP) is 9.98. The number of aryl methyl sites for hydroxylation is 1. The van der Waals surface area contributed by atoms with Gasteiger partial charge in [0.25, 0.3) is 6.08 Å². The first-order chi connectivity index (χ1) is 14.7. The first-order valence-electron chi connectivity index (χ1n) is 12.8. The van der Waals surface area contributed by atoms with E-state index in [0.717, 1.165) is 17.6 Å². The van der Waals surface area contributed by atoms with Crippen molar-refractivity contribution in [2.45, 2.75) is 122 Å². The maximum atomic E-state index is 12.1. The number of benzene rings is 1. The van der Waals surface area contributed by atoms with Gasteiger partial charge >= 0.3 is 0 Å². The molecule has 1 aromatic carbocycles. The molecule has 1 aliphatic rings. The van der Waals surface area contributed by atoms with Crippen molar-refractivity contribution >= 4 is 0 Å². The second-order valence-electron chi connectivity index (χ2n) is 9.46. The minimum atomic E-state index is -1.57. The van der Waals surface area contributed by atoms with E-state index in [1.54, 1.807) is 0 Å². The number of hydrogen-bond donors (Lipinski definition) is 0. The molecule has 1 aromatic rings. The van der Waals surface area contributed by atoms with E-state index in [1.165, 1.54) is 102 Å². The highest BCUT2D eigenvalue weighted by Gasteiger charge is 2.21. The Morgan fingerprint density at radius 1 is 0.800 bits per heavy atom. The first kappa shape index (κ1) is 25.1. The lowest BCUT2D eigenvalue weighted by atomic mass is 9.77. The van der Waals surface area contributed by atoms with Gasteiger partial charge in [-0.2, -0.15) is 8.78 Å². The lowest BCUT2D eigenvalue weighted by Gasteiger charge is -2.29. The Morgan fingerprint density at radius 3 is 1.93 bits per heavy atom. The summed E-state index contributed by atoms with van der Waals surface area (Å²) < 4.78 is 24.3. The number of halogens is 2. The predicted molar refractivity (Wildman–Crippen MR) is 126 cm³/mol. The molecule has 2 heteroatoms. The summed E-state index contributed by atoms with van der Waals surface area (Å²) in [4.78, 5) is 0. The Morgan fingerprint density at radius 2 is 1.37 bits per heavy atom. The molecule has 0 bridgehead atoms. The van der Waals surface area contributed by atoms with Crippen molar-refractivity contribution in [3.63, 3.8) is 0 Å². The van der Waals surface area contributed by atoms with E-state index in [4.69, 9.17) is 0 Å². The summed E-state index contributed by atoms with van der Waals surface area (Å²) in [5, 5.41) is 0. The Bertz CT molecular complexity index is 563. The Balaban J connectivity index is 1.52. The quantitative estimate of drug-likeness (QED) is 0.248. The summed E-state index contributed by atoms with van der Waals surface area (Å²) in [7, 11) is 0. The molecule has 170 valence electrons. The SMILES string of the molecule is CCCCCCCCCCCCC1CCC(c2ccc(CCC=C(F)F)cc2)CC1. The van der Waals surface area contributed by atoms with E-state index in [-0.39, 0.29) is 0 Å². The molecule has 0 N–H and O–H groups in total. The molecule has 0 spiro atoms. The molecule has 0 aromatic heterocycles. The van der Waals surface area contributed by atoms with Crippen LogP contribution in [0.4, 0.5) is 8.78 Å². The van der Waals surface area contributed by atoms with Crippen LogP contribution in [0, 0.1) is 5.92 Å². The van der Waals surface area contributed by atoms with Gasteiger partial charge in [-0.1, -0.05) is 102 Å². The molecule has 0 aliphatic heterocycles. The van der Waals surface area contributed by atoms with Crippen LogP contribution >= 0.6 is 0 Å². The number of allylic oxidation sites excluding steroid dienone is 1. The van der Waals surface area contributed by atoms with Crippen molar-refractivity contribution in [2.75, 3.05) is 0 Å². The molecule has 0 radical (unpaired) electrons. The highest BCUT2D eigenvalue weighted by molar-refractivity contribution is 5.26. The van der Waals surface area contributed by atoms with Crippen molar-refractivity contribution in [3.8, 4) is 0 Å². The van der Waals surface area contributed by atoms with Gasteiger partial charge in [0, 0.05) is 0 Å². The van der Waals surface area contributed by atoms with Crippen molar-refractivity contribution in [1.29, 1.82) is 0 Å². The summed E-state index contributed by atoms with van der Waals surface area (Å²) in [6.45, 7) is 2.28. The van der Waals surface area contributed by atoms with Crippen LogP contribution in [0.5, 0.6) is 0 Å². The van der Waals surface area contributed by atoms with Gasteiger partial charge < -0.3 is 0 Å². The van der Waals surface area contributed by atoms with Crippen LogP contribution in [0.1, 0.15) is 127 Å².